The molecule has 0 bridgehead atoms. The lowest BCUT2D eigenvalue weighted by Gasteiger charge is -2.19. The summed E-state index contributed by atoms with van der Waals surface area (Å²) < 4.78 is 26.5. The second-order valence-corrected chi connectivity index (χ2v) is 8.39. The van der Waals surface area contributed by atoms with E-state index in [2.05, 4.69) is 15.3 Å². The fraction of sp³-hybridized carbons (Fsp3) is 0.312. The Kier molecular flexibility index (Phi) is 7.39. The Balaban J connectivity index is 2.13. The van der Waals surface area contributed by atoms with E-state index in [0.29, 0.717) is 18.2 Å². The van der Waals surface area contributed by atoms with E-state index in [1.54, 1.807) is 32.3 Å². The maximum Gasteiger partial charge on any atom is 0.243 e. The minimum atomic E-state index is -3.63. The average molecular weight is 415 g/mol. The number of hydrogen-bond donors (Lipinski definition) is 1. The Hall–Kier alpha value is -1.68. The standard InChI is InChI=1S/C16H19ClN4O3S2/c1-3-21(4-2)26(23,24)12-6-7-13(17)14(10-12)20-15(22)11-25-16-18-8-5-9-19-16/h5-10H,3-4,11H2,1-2H3,(H,20,22). The van der Waals surface area contributed by atoms with E-state index in [4.69, 9.17) is 11.6 Å². The molecule has 10 heteroatoms. The summed E-state index contributed by atoms with van der Waals surface area (Å²) >= 11 is 7.27. The smallest absolute Gasteiger partial charge is 0.243 e. The summed E-state index contributed by atoms with van der Waals surface area (Å²) in [5.41, 5.74) is 0.250. The first-order valence-corrected chi connectivity index (χ1v) is 10.7. The summed E-state index contributed by atoms with van der Waals surface area (Å²) in [6.07, 6.45) is 3.18. The maximum absolute atomic E-state index is 12.6. The summed E-state index contributed by atoms with van der Waals surface area (Å²) in [5.74, 6) is -0.255. The average Bonchev–Trinajstić information content (AvgIpc) is 2.63. The minimum absolute atomic E-state index is 0.0768. The van der Waals surface area contributed by atoms with E-state index >= 15 is 0 Å². The van der Waals surface area contributed by atoms with Gasteiger partial charge in [-0.15, -0.1) is 0 Å². The van der Waals surface area contributed by atoms with Gasteiger partial charge in [-0.05, 0) is 24.3 Å². The molecule has 140 valence electrons. The first kappa shape index (κ1) is 20.6. The topological polar surface area (TPSA) is 92.3 Å². The summed E-state index contributed by atoms with van der Waals surface area (Å²) in [6.45, 7) is 4.25. The van der Waals surface area contributed by atoms with Gasteiger partial charge >= 0.3 is 0 Å². The highest BCUT2D eigenvalue weighted by molar-refractivity contribution is 7.99. The number of thioether (sulfide) groups is 1. The molecule has 0 aliphatic rings. The Labute approximate surface area is 162 Å². The van der Waals surface area contributed by atoms with E-state index in [1.807, 2.05) is 0 Å². The molecular weight excluding hydrogens is 396 g/mol. The van der Waals surface area contributed by atoms with Gasteiger partial charge in [0.15, 0.2) is 5.16 Å². The normalized spacial score (nSPS) is 11.5. The van der Waals surface area contributed by atoms with Crippen LogP contribution in [0.1, 0.15) is 13.8 Å². The lowest BCUT2D eigenvalue weighted by atomic mass is 10.3. The van der Waals surface area contributed by atoms with Crippen molar-refractivity contribution in [3.63, 3.8) is 0 Å². The van der Waals surface area contributed by atoms with Gasteiger partial charge in [-0.2, -0.15) is 4.31 Å². The van der Waals surface area contributed by atoms with Gasteiger partial charge in [0.1, 0.15) is 0 Å². The molecule has 0 saturated heterocycles. The Morgan fingerprint density at radius 3 is 2.50 bits per heavy atom. The minimum Gasteiger partial charge on any atom is -0.324 e. The molecule has 7 nitrogen and oxygen atoms in total. The number of amides is 1. The van der Waals surface area contributed by atoms with Crippen molar-refractivity contribution in [3.05, 3.63) is 41.7 Å². The predicted molar refractivity (Wildman–Crippen MR) is 103 cm³/mol. The van der Waals surface area contributed by atoms with Crippen molar-refractivity contribution in [3.8, 4) is 0 Å². The van der Waals surface area contributed by atoms with Crippen LogP contribution < -0.4 is 5.32 Å². The molecule has 1 amide bonds. The number of anilines is 1. The zero-order valence-corrected chi connectivity index (χ0v) is 16.7. The van der Waals surface area contributed by atoms with Gasteiger partial charge < -0.3 is 5.32 Å². The van der Waals surface area contributed by atoms with E-state index in [1.165, 1.54) is 34.3 Å². The Bertz CT molecular complexity index is 859. The zero-order chi connectivity index (χ0) is 19.2. The van der Waals surface area contributed by atoms with Crippen LogP contribution in [-0.4, -0.2) is 47.4 Å². The van der Waals surface area contributed by atoms with Gasteiger partial charge in [-0.1, -0.05) is 37.2 Å². The number of rotatable bonds is 8. The van der Waals surface area contributed by atoms with Crippen molar-refractivity contribution in [1.29, 1.82) is 0 Å². The monoisotopic (exact) mass is 414 g/mol. The molecule has 0 atom stereocenters. The number of carbonyl (C=O) groups excluding carboxylic acids is 1. The van der Waals surface area contributed by atoms with Crippen LogP contribution in [0.5, 0.6) is 0 Å². The van der Waals surface area contributed by atoms with Crippen LogP contribution in [-0.2, 0) is 14.8 Å². The molecule has 0 aliphatic carbocycles. The van der Waals surface area contributed by atoms with Crippen molar-refractivity contribution >= 4 is 45.0 Å². The SMILES string of the molecule is CCN(CC)S(=O)(=O)c1ccc(Cl)c(NC(=O)CSc2ncccn2)c1. The molecule has 0 saturated carbocycles. The number of hydrogen-bond acceptors (Lipinski definition) is 6. The molecule has 2 rings (SSSR count). The number of carbonyl (C=O) groups is 1. The Morgan fingerprint density at radius 1 is 1.23 bits per heavy atom. The van der Waals surface area contributed by atoms with Crippen LogP contribution in [0.3, 0.4) is 0 Å². The van der Waals surface area contributed by atoms with Crippen molar-refractivity contribution in [1.82, 2.24) is 14.3 Å². The summed E-state index contributed by atoms with van der Waals surface area (Å²) in [6, 6.07) is 5.95. The number of aromatic nitrogens is 2. The van der Waals surface area contributed by atoms with Gasteiger partial charge in [-0.3, -0.25) is 4.79 Å². The first-order chi connectivity index (χ1) is 12.4. The third-order valence-corrected chi connectivity index (χ3v) is 6.68. The molecule has 2 aromatic rings. The molecule has 26 heavy (non-hydrogen) atoms. The van der Waals surface area contributed by atoms with E-state index in [-0.39, 0.29) is 27.3 Å². The van der Waals surface area contributed by atoms with Crippen LogP contribution >= 0.6 is 23.4 Å². The third-order valence-electron chi connectivity index (χ3n) is 3.43. The number of nitrogens with one attached hydrogen (secondary N) is 1. The largest absolute Gasteiger partial charge is 0.324 e. The molecule has 0 radical (unpaired) electrons. The van der Waals surface area contributed by atoms with Crippen molar-refractivity contribution < 1.29 is 13.2 Å². The fourth-order valence-electron chi connectivity index (χ4n) is 2.15. The van der Waals surface area contributed by atoms with E-state index in [9.17, 15) is 13.2 Å². The number of benzene rings is 1. The van der Waals surface area contributed by atoms with Gasteiger partial charge in [-0.25, -0.2) is 18.4 Å². The number of halogens is 1. The van der Waals surface area contributed by atoms with Gasteiger partial charge in [0.25, 0.3) is 0 Å². The molecule has 0 unspecified atom stereocenters. The van der Waals surface area contributed by atoms with E-state index < -0.39 is 10.0 Å². The molecular formula is C16H19ClN4O3S2. The highest BCUT2D eigenvalue weighted by atomic mass is 35.5. The van der Waals surface area contributed by atoms with Gasteiger partial charge in [0.05, 0.1) is 21.4 Å². The second kappa shape index (κ2) is 9.31. The van der Waals surface area contributed by atoms with Crippen LogP contribution in [0, 0.1) is 0 Å². The highest BCUT2D eigenvalue weighted by Crippen LogP contribution is 2.27. The summed E-state index contributed by atoms with van der Waals surface area (Å²) in [7, 11) is -3.63. The summed E-state index contributed by atoms with van der Waals surface area (Å²) in [5, 5.41) is 3.38. The number of nitrogens with zero attached hydrogens (tertiary/aromatic N) is 3. The van der Waals surface area contributed by atoms with Crippen molar-refractivity contribution in [2.45, 2.75) is 23.9 Å². The predicted octanol–water partition coefficient (Wildman–Crippen LogP) is 2.89. The molecule has 0 spiro atoms. The lowest BCUT2D eigenvalue weighted by molar-refractivity contribution is -0.113. The third kappa shape index (κ3) is 5.16. The zero-order valence-electron chi connectivity index (χ0n) is 14.3. The molecule has 1 aromatic carbocycles. The molecule has 1 aromatic heterocycles. The molecule has 1 heterocycles. The van der Waals surface area contributed by atoms with Crippen LogP contribution in [0.4, 0.5) is 5.69 Å². The van der Waals surface area contributed by atoms with Crippen LogP contribution in [0.25, 0.3) is 0 Å². The first-order valence-electron chi connectivity index (χ1n) is 7.87. The lowest BCUT2D eigenvalue weighted by Crippen LogP contribution is -2.30. The maximum atomic E-state index is 12.6. The van der Waals surface area contributed by atoms with Crippen LogP contribution in [0.15, 0.2) is 46.7 Å². The van der Waals surface area contributed by atoms with E-state index in [0.717, 1.165) is 0 Å². The Morgan fingerprint density at radius 2 is 1.88 bits per heavy atom. The second-order valence-electron chi connectivity index (χ2n) is 5.10. The molecule has 0 fully saturated rings. The highest BCUT2D eigenvalue weighted by Gasteiger charge is 2.22. The van der Waals surface area contributed by atoms with Crippen molar-refractivity contribution in [2.75, 3.05) is 24.2 Å². The fourth-order valence-corrected chi connectivity index (χ4v) is 4.40. The van der Waals surface area contributed by atoms with Crippen LogP contribution in [0.2, 0.25) is 5.02 Å². The number of sulfonamides is 1. The van der Waals surface area contributed by atoms with Gasteiger partial charge in [0, 0.05) is 25.5 Å². The van der Waals surface area contributed by atoms with Crippen molar-refractivity contribution in [2.24, 2.45) is 0 Å². The molecule has 1 N–H and O–H groups in total. The quantitative estimate of drug-likeness (QED) is 0.527. The molecule has 0 aliphatic heterocycles. The summed E-state index contributed by atoms with van der Waals surface area (Å²) in [4.78, 5) is 20.3. The van der Waals surface area contributed by atoms with Gasteiger partial charge in [0.2, 0.25) is 15.9 Å².